The Morgan fingerprint density at radius 1 is 1.53 bits per heavy atom. The van der Waals surface area contributed by atoms with E-state index in [-0.39, 0.29) is 17.6 Å². The molecule has 0 aliphatic heterocycles. The molecule has 0 fully saturated rings. The van der Waals surface area contributed by atoms with E-state index in [0.29, 0.717) is 5.92 Å². The smallest absolute Gasteiger partial charge is 0.0728 e. The minimum absolute atomic E-state index is 0.146. The quantitative estimate of drug-likeness (QED) is 0.706. The number of hydrogen-bond donors (Lipinski definition) is 2. The van der Waals surface area contributed by atoms with Gasteiger partial charge in [0.2, 0.25) is 0 Å². The lowest BCUT2D eigenvalue weighted by Gasteiger charge is -2.40. The fourth-order valence-electron chi connectivity index (χ4n) is 2.80. The summed E-state index contributed by atoms with van der Waals surface area (Å²) in [6.45, 7) is 8.35. The van der Waals surface area contributed by atoms with Gasteiger partial charge >= 0.3 is 0 Å². The SMILES string of the molecule is CC1=C[C@H](O)CC(C)(C)[C@@H]1CC[C@@H](C)O. The summed E-state index contributed by atoms with van der Waals surface area (Å²) in [7, 11) is 0. The summed E-state index contributed by atoms with van der Waals surface area (Å²) >= 11 is 0. The Bertz CT molecular complexity index is 241. The zero-order valence-electron chi connectivity index (χ0n) is 10.3. The van der Waals surface area contributed by atoms with Crippen molar-refractivity contribution in [3.8, 4) is 0 Å². The molecule has 2 nitrogen and oxygen atoms in total. The topological polar surface area (TPSA) is 40.5 Å². The fraction of sp³-hybridized carbons (Fsp3) is 0.846. The Labute approximate surface area is 93.0 Å². The molecular formula is C13H24O2. The van der Waals surface area contributed by atoms with E-state index < -0.39 is 0 Å². The van der Waals surface area contributed by atoms with Crippen LogP contribution in [0.1, 0.15) is 47.0 Å². The standard InChI is InChI=1S/C13H24O2/c1-9-7-11(15)8-13(3,4)12(9)6-5-10(2)14/h7,10-12,14-15H,5-6,8H2,1-4H3/t10-,11+,12-/m1/s1. The molecule has 2 N–H and O–H groups in total. The maximum atomic E-state index is 9.68. The molecule has 0 aromatic rings. The van der Waals surface area contributed by atoms with Gasteiger partial charge in [-0.05, 0) is 44.4 Å². The maximum Gasteiger partial charge on any atom is 0.0728 e. The van der Waals surface area contributed by atoms with Gasteiger partial charge in [0.1, 0.15) is 0 Å². The van der Waals surface area contributed by atoms with Crippen molar-refractivity contribution in [3.05, 3.63) is 11.6 Å². The molecule has 15 heavy (non-hydrogen) atoms. The highest BCUT2D eigenvalue weighted by atomic mass is 16.3. The molecule has 1 aliphatic carbocycles. The van der Waals surface area contributed by atoms with E-state index in [4.69, 9.17) is 0 Å². The van der Waals surface area contributed by atoms with Crippen LogP contribution in [-0.2, 0) is 0 Å². The predicted octanol–water partition coefficient (Wildman–Crippen LogP) is 2.50. The van der Waals surface area contributed by atoms with Gasteiger partial charge in [-0.25, -0.2) is 0 Å². The predicted molar refractivity (Wildman–Crippen MR) is 62.6 cm³/mol. The molecule has 2 heteroatoms. The largest absolute Gasteiger partial charge is 0.393 e. The number of allylic oxidation sites excluding steroid dienone is 1. The molecule has 0 amide bonds. The summed E-state index contributed by atoms with van der Waals surface area (Å²) in [6, 6.07) is 0. The van der Waals surface area contributed by atoms with E-state index >= 15 is 0 Å². The normalized spacial score (nSPS) is 32.3. The minimum Gasteiger partial charge on any atom is -0.393 e. The average Bonchev–Trinajstić information content (AvgIpc) is 1.98. The summed E-state index contributed by atoms with van der Waals surface area (Å²) in [6.07, 6.45) is 4.14. The molecule has 0 radical (unpaired) electrons. The lowest BCUT2D eigenvalue weighted by atomic mass is 9.66. The van der Waals surface area contributed by atoms with Crippen LogP contribution in [0.5, 0.6) is 0 Å². The minimum atomic E-state index is -0.289. The van der Waals surface area contributed by atoms with Crippen molar-refractivity contribution in [3.63, 3.8) is 0 Å². The lowest BCUT2D eigenvalue weighted by Crippen LogP contribution is -2.34. The maximum absolute atomic E-state index is 9.68. The van der Waals surface area contributed by atoms with Crippen LogP contribution in [-0.4, -0.2) is 22.4 Å². The molecule has 0 spiro atoms. The van der Waals surface area contributed by atoms with Crippen LogP contribution >= 0.6 is 0 Å². The molecule has 0 heterocycles. The first-order chi connectivity index (χ1) is 6.83. The Kier molecular flexibility index (Phi) is 3.96. The van der Waals surface area contributed by atoms with Crippen LogP contribution in [0.3, 0.4) is 0 Å². The van der Waals surface area contributed by atoms with E-state index in [9.17, 15) is 10.2 Å². The molecule has 0 aromatic carbocycles. The first-order valence-corrected chi connectivity index (χ1v) is 5.87. The van der Waals surface area contributed by atoms with Crippen molar-refractivity contribution >= 4 is 0 Å². The summed E-state index contributed by atoms with van der Waals surface area (Å²) in [5.41, 5.74) is 1.42. The van der Waals surface area contributed by atoms with Gasteiger partial charge in [0, 0.05) is 0 Å². The number of rotatable bonds is 3. The summed E-state index contributed by atoms with van der Waals surface area (Å²) in [5.74, 6) is 0.496. The second-order valence-corrected chi connectivity index (χ2v) is 5.65. The third-order valence-electron chi connectivity index (χ3n) is 3.56. The molecule has 88 valence electrons. The van der Waals surface area contributed by atoms with Gasteiger partial charge in [0.15, 0.2) is 0 Å². The highest BCUT2D eigenvalue weighted by Crippen LogP contribution is 2.43. The second-order valence-electron chi connectivity index (χ2n) is 5.65. The summed E-state index contributed by atoms with van der Waals surface area (Å²) in [4.78, 5) is 0. The monoisotopic (exact) mass is 212 g/mol. The first-order valence-electron chi connectivity index (χ1n) is 5.87. The molecule has 0 unspecified atom stereocenters. The lowest BCUT2D eigenvalue weighted by molar-refractivity contribution is 0.0878. The Hall–Kier alpha value is -0.340. The zero-order chi connectivity index (χ0) is 11.6. The van der Waals surface area contributed by atoms with Crippen LogP contribution in [0, 0.1) is 11.3 Å². The number of aliphatic hydroxyl groups is 2. The Balaban J connectivity index is 2.71. The van der Waals surface area contributed by atoms with E-state index in [1.807, 2.05) is 13.0 Å². The zero-order valence-corrected chi connectivity index (χ0v) is 10.3. The van der Waals surface area contributed by atoms with Gasteiger partial charge in [-0.1, -0.05) is 25.5 Å². The van der Waals surface area contributed by atoms with Gasteiger partial charge in [0.05, 0.1) is 12.2 Å². The fourth-order valence-corrected chi connectivity index (χ4v) is 2.80. The number of hydrogen-bond acceptors (Lipinski definition) is 2. The molecule has 0 saturated carbocycles. The van der Waals surface area contributed by atoms with Crippen molar-refractivity contribution < 1.29 is 10.2 Å². The van der Waals surface area contributed by atoms with Crippen molar-refractivity contribution in [1.29, 1.82) is 0 Å². The van der Waals surface area contributed by atoms with Crippen molar-refractivity contribution in [2.45, 2.75) is 59.2 Å². The van der Waals surface area contributed by atoms with Crippen LogP contribution in [0.2, 0.25) is 0 Å². The molecule has 0 aromatic heterocycles. The third kappa shape index (κ3) is 3.32. The molecule has 1 aliphatic rings. The van der Waals surface area contributed by atoms with Crippen LogP contribution in [0.4, 0.5) is 0 Å². The van der Waals surface area contributed by atoms with Crippen LogP contribution in [0.25, 0.3) is 0 Å². The Morgan fingerprint density at radius 2 is 2.13 bits per heavy atom. The van der Waals surface area contributed by atoms with Gasteiger partial charge in [-0.2, -0.15) is 0 Å². The molecule has 1 rings (SSSR count). The molecule has 3 atom stereocenters. The van der Waals surface area contributed by atoms with Gasteiger partial charge in [-0.15, -0.1) is 0 Å². The van der Waals surface area contributed by atoms with Gasteiger partial charge in [0.25, 0.3) is 0 Å². The summed E-state index contributed by atoms with van der Waals surface area (Å²) < 4.78 is 0. The van der Waals surface area contributed by atoms with Crippen molar-refractivity contribution in [2.24, 2.45) is 11.3 Å². The molecule has 0 saturated heterocycles. The summed E-state index contributed by atoms with van der Waals surface area (Å²) in [5, 5.41) is 19.0. The molecule has 0 bridgehead atoms. The van der Waals surface area contributed by atoms with E-state index in [2.05, 4.69) is 20.8 Å². The van der Waals surface area contributed by atoms with E-state index in [1.54, 1.807) is 0 Å². The number of aliphatic hydroxyl groups excluding tert-OH is 2. The highest BCUT2D eigenvalue weighted by Gasteiger charge is 2.35. The third-order valence-corrected chi connectivity index (χ3v) is 3.56. The van der Waals surface area contributed by atoms with Gasteiger partial charge in [-0.3, -0.25) is 0 Å². The van der Waals surface area contributed by atoms with Crippen LogP contribution in [0.15, 0.2) is 11.6 Å². The Morgan fingerprint density at radius 3 is 2.60 bits per heavy atom. The van der Waals surface area contributed by atoms with Crippen molar-refractivity contribution in [1.82, 2.24) is 0 Å². The average molecular weight is 212 g/mol. The van der Waals surface area contributed by atoms with E-state index in [0.717, 1.165) is 19.3 Å². The molecular weight excluding hydrogens is 188 g/mol. The highest BCUT2D eigenvalue weighted by molar-refractivity contribution is 5.15. The second kappa shape index (κ2) is 4.67. The van der Waals surface area contributed by atoms with Crippen LogP contribution < -0.4 is 0 Å². The van der Waals surface area contributed by atoms with E-state index in [1.165, 1.54) is 5.57 Å². The van der Waals surface area contributed by atoms with Crippen molar-refractivity contribution in [2.75, 3.05) is 0 Å². The van der Waals surface area contributed by atoms with Gasteiger partial charge < -0.3 is 10.2 Å². The first kappa shape index (κ1) is 12.7.